The molecule has 5 nitrogen and oxygen atoms in total. The summed E-state index contributed by atoms with van der Waals surface area (Å²) in [5.41, 5.74) is -0.432. The van der Waals surface area contributed by atoms with E-state index in [1.807, 2.05) is 26.0 Å². The van der Waals surface area contributed by atoms with Crippen molar-refractivity contribution < 1.29 is 24.2 Å². The Bertz CT molecular complexity index is 1220. The molecule has 1 saturated heterocycles. The predicted octanol–water partition coefficient (Wildman–Crippen LogP) is 6.57. The monoisotopic (exact) mass is 518 g/mol. The zero-order chi connectivity index (χ0) is 28.0. The zero-order valence-electron chi connectivity index (χ0n) is 23.9. The van der Waals surface area contributed by atoms with Crippen molar-refractivity contribution in [2.45, 2.75) is 92.3 Å². The Labute approximate surface area is 227 Å². The summed E-state index contributed by atoms with van der Waals surface area (Å²) in [6, 6.07) is 8.75. The average molecular weight is 519 g/mol. The van der Waals surface area contributed by atoms with Gasteiger partial charge in [0.15, 0.2) is 17.3 Å². The van der Waals surface area contributed by atoms with Crippen LogP contribution in [0.5, 0.6) is 0 Å². The molecule has 38 heavy (non-hydrogen) atoms. The van der Waals surface area contributed by atoms with Crippen LogP contribution in [0.2, 0.25) is 0 Å². The number of fused-ring (bicyclic) bond motifs is 1. The molecule has 0 radical (unpaired) electrons. The molecule has 1 aromatic carbocycles. The van der Waals surface area contributed by atoms with Gasteiger partial charge < -0.3 is 9.84 Å². The van der Waals surface area contributed by atoms with E-state index in [1.54, 1.807) is 38.1 Å². The average Bonchev–Trinajstić information content (AvgIpc) is 3.01. The third-order valence-corrected chi connectivity index (χ3v) is 9.03. The van der Waals surface area contributed by atoms with Gasteiger partial charge in [-0.3, -0.25) is 14.4 Å². The number of carbonyl (C=O) groups excluding carboxylic acids is 3. The molecule has 3 aliphatic rings. The quantitative estimate of drug-likeness (QED) is 0.191. The Morgan fingerprint density at radius 2 is 1.71 bits per heavy atom. The molecule has 5 atom stereocenters. The fourth-order valence-corrected chi connectivity index (χ4v) is 6.65. The van der Waals surface area contributed by atoms with E-state index >= 15 is 0 Å². The smallest absolute Gasteiger partial charge is 0.200 e. The number of benzene rings is 1. The van der Waals surface area contributed by atoms with Crippen molar-refractivity contribution in [2.24, 2.45) is 22.7 Å². The summed E-state index contributed by atoms with van der Waals surface area (Å²) in [4.78, 5) is 43.1. The number of ketones is 3. The minimum Gasteiger partial charge on any atom is -0.490 e. The highest BCUT2D eigenvalue weighted by atomic mass is 16.5. The summed E-state index contributed by atoms with van der Waals surface area (Å²) in [5, 5.41) is 11.0. The molecule has 2 bridgehead atoms. The lowest BCUT2D eigenvalue weighted by Gasteiger charge is -2.55. The Balaban J connectivity index is 2.02. The van der Waals surface area contributed by atoms with E-state index in [1.165, 1.54) is 5.57 Å². The third-order valence-electron chi connectivity index (χ3n) is 9.03. The molecule has 5 heteroatoms. The highest BCUT2D eigenvalue weighted by Crippen LogP contribution is 2.63. The Morgan fingerprint density at radius 1 is 1.08 bits per heavy atom. The summed E-state index contributed by atoms with van der Waals surface area (Å²) >= 11 is 0. The van der Waals surface area contributed by atoms with Crippen LogP contribution in [0.3, 0.4) is 0 Å². The van der Waals surface area contributed by atoms with E-state index < -0.39 is 40.0 Å². The van der Waals surface area contributed by atoms with Crippen molar-refractivity contribution in [1.82, 2.24) is 0 Å². The van der Waals surface area contributed by atoms with E-state index in [0.717, 1.165) is 12.0 Å². The number of aliphatic hydroxyl groups is 1. The molecule has 2 aliphatic carbocycles. The summed E-state index contributed by atoms with van der Waals surface area (Å²) < 4.78 is 6.47. The molecule has 1 saturated carbocycles. The number of hydrogen-bond donors (Lipinski definition) is 1. The third kappa shape index (κ3) is 4.75. The van der Waals surface area contributed by atoms with Crippen molar-refractivity contribution in [2.75, 3.05) is 0 Å². The van der Waals surface area contributed by atoms with Gasteiger partial charge in [-0.25, -0.2) is 0 Å². The Morgan fingerprint density at radius 3 is 2.29 bits per heavy atom. The number of rotatable bonds is 7. The van der Waals surface area contributed by atoms with Crippen LogP contribution < -0.4 is 0 Å². The molecular formula is C33H42O5. The second-order valence-electron chi connectivity index (χ2n) is 12.9. The Hall–Kier alpha value is -2.79. The number of allylic oxidation sites excluding steroid dienone is 6. The van der Waals surface area contributed by atoms with Crippen LogP contribution >= 0.6 is 0 Å². The van der Waals surface area contributed by atoms with Gasteiger partial charge in [0, 0.05) is 5.56 Å². The van der Waals surface area contributed by atoms with E-state index in [-0.39, 0.29) is 29.5 Å². The normalized spacial score (nSPS) is 30.8. The first-order valence-corrected chi connectivity index (χ1v) is 13.8. The van der Waals surface area contributed by atoms with Crippen LogP contribution in [-0.4, -0.2) is 34.2 Å². The van der Waals surface area contributed by atoms with Crippen LogP contribution in [0, 0.1) is 22.7 Å². The van der Waals surface area contributed by atoms with Crippen molar-refractivity contribution in [3.8, 4) is 0 Å². The SMILES string of the molecule is CC(C)=CC[C@@H]1C[C@@]2(CC=C(C)C)C(=O)C(C(=O)c3ccccc3)=C3OC(C(C)(C)O)CC[C@]1(C)[C@H]3C2=O. The second kappa shape index (κ2) is 10.1. The first kappa shape index (κ1) is 28.2. The topological polar surface area (TPSA) is 80.7 Å². The number of Topliss-reactive ketones (excluding diaryl/α,β-unsaturated/α-hetero) is 3. The maximum atomic E-state index is 14.6. The maximum Gasteiger partial charge on any atom is 0.200 e. The fourth-order valence-electron chi connectivity index (χ4n) is 6.65. The van der Waals surface area contributed by atoms with Crippen molar-refractivity contribution in [1.29, 1.82) is 0 Å². The minimum atomic E-state index is -1.30. The summed E-state index contributed by atoms with van der Waals surface area (Å²) in [5.74, 6) is -1.47. The molecule has 1 aromatic rings. The number of ether oxygens (including phenoxy) is 1. The zero-order valence-corrected chi connectivity index (χ0v) is 23.9. The summed E-state index contributed by atoms with van der Waals surface area (Å²) in [6.45, 7) is 13.5. The standard InChI is InChI=1S/C33H42O5/c1-20(2)13-14-23-19-33(18-15-21(3)4)29(35)25(27(34)22-11-9-8-10-12-22)28-26(30(33)36)32(23,7)17-16-24(38-28)31(5,6)37/h8-13,15,23-24,26,37H,14,16-19H2,1-7H3/t23-,24?,26-,32+,33+/m1/s1. The molecule has 1 heterocycles. The van der Waals surface area contributed by atoms with Gasteiger partial charge in [0.05, 0.1) is 16.9 Å². The predicted molar refractivity (Wildman–Crippen MR) is 148 cm³/mol. The number of hydrogen-bond acceptors (Lipinski definition) is 5. The maximum absolute atomic E-state index is 14.6. The van der Waals surface area contributed by atoms with Gasteiger partial charge in [-0.2, -0.15) is 0 Å². The van der Waals surface area contributed by atoms with E-state index in [0.29, 0.717) is 24.8 Å². The van der Waals surface area contributed by atoms with Crippen LogP contribution in [-0.2, 0) is 14.3 Å². The molecule has 0 spiro atoms. The van der Waals surface area contributed by atoms with Crippen molar-refractivity contribution in [3.63, 3.8) is 0 Å². The fraction of sp³-hybridized carbons (Fsp3) is 0.545. The lowest BCUT2D eigenvalue weighted by molar-refractivity contribution is -0.158. The number of carbonyl (C=O) groups is 3. The second-order valence-corrected chi connectivity index (χ2v) is 12.9. The lowest BCUT2D eigenvalue weighted by atomic mass is 9.46. The van der Waals surface area contributed by atoms with Crippen LogP contribution in [0.1, 0.15) is 90.9 Å². The van der Waals surface area contributed by atoms with E-state index in [4.69, 9.17) is 4.74 Å². The van der Waals surface area contributed by atoms with Gasteiger partial charge in [0.2, 0.25) is 0 Å². The van der Waals surface area contributed by atoms with Gasteiger partial charge in [-0.05, 0) is 85.0 Å². The largest absolute Gasteiger partial charge is 0.490 e. The molecule has 4 rings (SSSR count). The summed E-state index contributed by atoms with van der Waals surface area (Å²) in [6.07, 6.45) is 6.12. The van der Waals surface area contributed by atoms with Crippen LogP contribution in [0.25, 0.3) is 0 Å². The molecule has 1 aliphatic heterocycles. The van der Waals surface area contributed by atoms with Gasteiger partial charge >= 0.3 is 0 Å². The molecule has 204 valence electrons. The molecule has 1 unspecified atom stereocenters. The Kier molecular flexibility index (Phi) is 7.48. The van der Waals surface area contributed by atoms with Gasteiger partial charge in [-0.15, -0.1) is 0 Å². The summed E-state index contributed by atoms with van der Waals surface area (Å²) in [7, 11) is 0. The molecular weight excluding hydrogens is 476 g/mol. The molecule has 0 aromatic heterocycles. The first-order valence-electron chi connectivity index (χ1n) is 13.8. The van der Waals surface area contributed by atoms with E-state index in [2.05, 4.69) is 26.8 Å². The highest BCUT2D eigenvalue weighted by Gasteiger charge is 2.67. The highest BCUT2D eigenvalue weighted by molar-refractivity contribution is 6.34. The molecule has 2 fully saturated rings. The molecule has 0 amide bonds. The van der Waals surface area contributed by atoms with Gasteiger partial charge in [0.1, 0.15) is 17.4 Å². The van der Waals surface area contributed by atoms with Crippen molar-refractivity contribution >= 4 is 17.3 Å². The van der Waals surface area contributed by atoms with Crippen LogP contribution in [0.4, 0.5) is 0 Å². The lowest BCUT2D eigenvalue weighted by Crippen LogP contribution is -2.60. The minimum absolute atomic E-state index is 0.00834. The van der Waals surface area contributed by atoms with Crippen molar-refractivity contribution in [3.05, 3.63) is 70.5 Å². The van der Waals surface area contributed by atoms with Gasteiger partial charge in [0.25, 0.3) is 0 Å². The first-order chi connectivity index (χ1) is 17.7. The van der Waals surface area contributed by atoms with E-state index in [9.17, 15) is 19.5 Å². The molecule has 1 N–H and O–H groups in total. The van der Waals surface area contributed by atoms with Crippen LogP contribution in [0.15, 0.2) is 65.0 Å². The van der Waals surface area contributed by atoms with Gasteiger partial charge in [-0.1, -0.05) is 60.6 Å².